The largest absolute Gasteiger partial charge is 0.497 e. The molecule has 6 heteroatoms. The summed E-state index contributed by atoms with van der Waals surface area (Å²) in [6, 6.07) is 8.06. The maximum atomic E-state index is 12.0. The quantitative estimate of drug-likeness (QED) is 0.400. The number of hydrogen-bond donors (Lipinski definition) is 2. The molecule has 0 radical (unpaired) electrons. The van der Waals surface area contributed by atoms with Gasteiger partial charge < -0.3 is 14.4 Å². The molecule has 0 bridgehead atoms. The predicted molar refractivity (Wildman–Crippen MR) is 110 cm³/mol. The summed E-state index contributed by atoms with van der Waals surface area (Å²) < 4.78 is 5.20. The van der Waals surface area contributed by atoms with Crippen LogP contribution in [0, 0.1) is 17.3 Å². The van der Waals surface area contributed by atoms with Crippen molar-refractivity contribution in [3.8, 4) is 5.75 Å². The fraction of sp³-hybridized carbons (Fsp3) is 0.478. The van der Waals surface area contributed by atoms with Crippen molar-refractivity contribution in [2.24, 2.45) is 17.3 Å². The number of carbonyl (C=O) groups excluding carboxylic acids is 2. The summed E-state index contributed by atoms with van der Waals surface area (Å²) in [5.41, 5.74) is 3.08. The maximum absolute atomic E-state index is 12.0. The molecule has 0 heterocycles. The Morgan fingerprint density at radius 2 is 2.10 bits per heavy atom. The van der Waals surface area contributed by atoms with Crippen molar-refractivity contribution < 1.29 is 19.5 Å². The molecule has 1 amide bonds. The van der Waals surface area contributed by atoms with Crippen LogP contribution in [0.5, 0.6) is 5.75 Å². The second kappa shape index (κ2) is 9.37. The van der Waals surface area contributed by atoms with Gasteiger partial charge in [0, 0.05) is 17.5 Å². The number of hydroxylamine groups is 1. The van der Waals surface area contributed by atoms with Gasteiger partial charge in [-0.3, -0.25) is 10.0 Å². The topological polar surface area (TPSA) is 78.9 Å². The van der Waals surface area contributed by atoms with E-state index in [1.807, 2.05) is 24.3 Å². The molecule has 156 valence electrons. The number of fused-ring (bicyclic) bond motifs is 1. The van der Waals surface area contributed by atoms with Crippen molar-refractivity contribution in [1.82, 2.24) is 10.4 Å². The van der Waals surface area contributed by atoms with Crippen LogP contribution >= 0.6 is 0 Å². The molecule has 1 fully saturated rings. The highest BCUT2D eigenvalue weighted by molar-refractivity contribution is 5.95. The first-order chi connectivity index (χ1) is 14.0. The molecule has 2 unspecified atom stereocenters. The summed E-state index contributed by atoms with van der Waals surface area (Å²) >= 11 is 0. The van der Waals surface area contributed by atoms with Gasteiger partial charge in [0.25, 0.3) is 5.91 Å². The van der Waals surface area contributed by atoms with Crippen LogP contribution in [0.15, 0.2) is 48.1 Å². The van der Waals surface area contributed by atoms with Crippen molar-refractivity contribution in [3.05, 3.63) is 53.6 Å². The molecular formula is C23H30N2O4. The van der Waals surface area contributed by atoms with Gasteiger partial charge in [-0.05, 0) is 68.8 Å². The van der Waals surface area contributed by atoms with Crippen molar-refractivity contribution >= 4 is 12.2 Å². The van der Waals surface area contributed by atoms with Gasteiger partial charge >= 0.3 is 0 Å². The third-order valence-corrected chi connectivity index (χ3v) is 6.30. The SMILES string of the molecule is COc1ccc(CN(C)CC[C@@]2(C=O)CCC3C=C(C(=O)NO)C=CC3C2)cc1. The Balaban J connectivity index is 1.56. The highest BCUT2D eigenvalue weighted by Crippen LogP contribution is 2.46. The smallest absolute Gasteiger partial charge is 0.274 e. The molecule has 29 heavy (non-hydrogen) atoms. The zero-order valence-electron chi connectivity index (χ0n) is 17.1. The van der Waals surface area contributed by atoms with E-state index in [2.05, 4.69) is 24.1 Å². The maximum Gasteiger partial charge on any atom is 0.274 e. The van der Waals surface area contributed by atoms with Crippen LogP contribution in [0.4, 0.5) is 0 Å². The van der Waals surface area contributed by atoms with Crippen molar-refractivity contribution in [2.45, 2.75) is 32.2 Å². The fourth-order valence-electron chi connectivity index (χ4n) is 4.47. The minimum atomic E-state index is -0.480. The number of ether oxygens (including phenoxy) is 1. The van der Waals surface area contributed by atoms with E-state index in [0.717, 1.165) is 50.8 Å². The van der Waals surface area contributed by atoms with E-state index in [1.54, 1.807) is 18.7 Å². The third-order valence-electron chi connectivity index (χ3n) is 6.30. The van der Waals surface area contributed by atoms with Gasteiger partial charge in [-0.15, -0.1) is 0 Å². The first kappa shape index (κ1) is 21.3. The van der Waals surface area contributed by atoms with Crippen LogP contribution < -0.4 is 10.2 Å². The lowest BCUT2D eigenvalue weighted by Crippen LogP contribution is -2.38. The number of amides is 1. The van der Waals surface area contributed by atoms with E-state index in [0.29, 0.717) is 5.57 Å². The van der Waals surface area contributed by atoms with Gasteiger partial charge in [0.05, 0.1) is 7.11 Å². The molecule has 1 saturated carbocycles. The van der Waals surface area contributed by atoms with E-state index < -0.39 is 5.91 Å². The monoisotopic (exact) mass is 398 g/mol. The Hall–Kier alpha value is -2.44. The van der Waals surface area contributed by atoms with Gasteiger partial charge in [-0.1, -0.05) is 30.4 Å². The summed E-state index contributed by atoms with van der Waals surface area (Å²) in [5.74, 6) is 0.878. The fourth-order valence-corrected chi connectivity index (χ4v) is 4.47. The molecule has 0 aromatic heterocycles. The Bertz CT molecular complexity index is 787. The second-order valence-electron chi connectivity index (χ2n) is 8.31. The summed E-state index contributed by atoms with van der Waals surface area (Å²) in [5, 5.41) is 8.83. The lowest BCUT2D eigenvalue weighted by Gasteiger charge is -2.41. The van der Waals surface area contributed by atoms with E-state index >= 15 is 0 Å². The number of benzene rings is 1. The molecule has 6 nitrogen and oxygen atoms in total. The summed E-state index contributed by atoms with van der Waals surface area (Å²) in [7, 11) is 3.74. The molecule has 1 aromatic carbocycles. The zero-order chi connectivity index (χ0) is 20.9. The van der Waals surface area contributed by atoms with Gasteiger partial charge in [0.15, 0.2) is 0 Å². The van der Waals surface area contributed by atoms with Crippen LogP contribution in [-0.4, -0.2) is 43.0 Å². The highest BCUT2D eigenvalue weighted by Gasteiger charge is 2.40. The van der Waals surface area contributed by atoms with Crippen LogP contribution in [0.3, 0.4) is 0 Å². The number of hydrogen-bond acceptors (Lipinski definition) is 5. The van der Waals surface area contributed by atoms with E-state index in [1.165, 1.54) is 5.56 Å². The summed E-state index contributed by atoms with van der Waals surface area (Å²) in [6.07, 6.45) is 10.2. The number of methoxy groups -OCH3 is 1. The Kier molecular flexibility index (Phi) is 6.87. The molecule has 0 aliphatic heterocycles. The average Bonchev–Trinajstić information content (AvgIpc) is 2.77. The van der Waals surface area contributed by atoms with Crippen LogP contribution in [0.25, 0.3) is 0 Å². The molecule has 2 aliphatic carbocycles. The van der Waals surface area contributed by atoms with Gasteiger partial charge in [0.1, 0.15) is 12.0 Å². The normalized spacial score (nSPS) is 25.9. The predicted octanol–water partition coefficient (Wildman–Crippen LogP) is 3.12. The van der Waals surface area contributed by atoms with Crippen LogP contribution in [0.2, 0.25) is 0 Å². The molecule has 0 spiro atoms. The number of allylic oxidation sites excluding steroid dienone is 2. The second-order valence-corrected chi connectivity index (χ2v) is 8.31. The Morgan fingerprint density at radius 1 is 1.34 bits per heavy atom. The highest BCUT2D eigenvalue weighted by atomic mass is 16.5. The summed E-state index contributed by atoms with van der Waals surface area (Å²) in [4.78, 5) is 25.9. The Labute approximate surface area is 172 Å². The molecule has 3 rings (SSSR count). The molecular weight excluding hydrogens is 368 g/mol. The number of nitrogens with one attached hydrogen (secondary N) is 1. The number of aldehydes is 1. The van der Waals surface area contributed by atoms with E-state index in [4.69, 9.17) is 9.94 Å². The van der Waals surface area contributed by atoms with Gasteiger partial charge in [0.2, 0.25) is 0 Å². The van der Waals surface area contributed by atoms with E-state index in [9.17, 15) is 9.59 Å². The molecule has 3 atom stereocenters. The van der Waals surface area contributed by atoms with Crippen LogP contribution in [-0.2, 0) is 16.1 Å². The van der Waals surface area contributed by atoms with Crippen molar-refractivity contribution in [3.63, 3.8) is 0 Å². The van der Waals surface area contributed by atoms with Gasteiger partial charge in [-0.25, -0.2) is 5.48 Å². The summed E-state index contributed by atoms with van der Waals surface area (Å²) in [6.45, 7) is 1.67. The molecule has 1 aromatic rings. The molecule has 2 aliphatic rings. The van der Waals surface area contributed by atoms with Crippen molar-refractivity contribution in [2.75, 3.05) is 20.7 Å². The first-order valence-corrected chi connectivity index (χ1v) is 10.1. The lowest BCUT2D eigenvalue weighted by molar-refractivity contribution is -0.125. The van der Waals surface area contributed by atoms with E-state index in [-0.39, 0.29) is 17.3 Å². The number of carbonyl (C=O) groups is 2. The zero-order valence-corrected chi connectivity index (χ0v) is 17.1. The minimum Gasteiger partial charge on any atom is -0.497 e. The van der Waals surface area contributed by atoms with Crippen LogP contribution in [0.1, 0.15) is 31.2 Å². The van der Waals surface area contributed by atoms with Gasteiger partial charge in [-0.2, -0.15) is 0 Å². The van der Waals surface area contributed by atoms with Crippen molar-refractivity contribution in [1.29, 1.82) is 0 Å². The number of nitrogens with zero attached hydrogens (tertiary/aromatic N) is 1. The lowest BCUT2D eigenvalue weighted by atomic mass is 9.63. The number of rotatable bonds is 8. The first-order valence-electron chi connectivity index (χ1n) is 10.1. The molecule has 2 N–H and O–H groups in total. The average molecular weight is 399 g/mol. The third kappa shape index (κ3) is 5.14. The minimum absolute atomic E-state index is 0.248. The Morgan fingerprint density at radius 3 is 2.76 bits per heavy atom. The molecule has 0 saturated heterocycles. The standard InChI is InChI=1S/C23H30N2O4/c1-25(15-17-3-7-21(29-2)8-4-17)12-11-23(16-26)10-9-18-13-19(22(27)24-28)5-6-20(18)14-23/h3-8,13,16,18,20,28H,9-12,14-15H2,1-2H3,(H,24,27)/t18?,20?,23-/m0/s1.